The lowest BCUT2D eigenvalue weighted by Gasteiger charge is -2.22. The third-order valence-electron chi connectivity index (χ3n) is 3.71. The smallest absolute Gasteiger partial charge is 0.341 e. The average molecular weight is 317 g/mol. The predicted molar refractivity (Wildman–Crippen MR) is 79.9 cm³/mol. The SMILES string of the molecule is O=C(O)COc1ccc(CC2CCCCC2)c(Cl)c1Cl. The second kappa shape index (κ2) is 7.19. The average Bonchev–Trinajstić information content (AvgIpc) is 2.44. The number of carbonyl (C=O) groups is 1. The minimum absolute atomic E-state index is 0.307. The molecule has 0 atom stereocenters. The molecule has 20 heavy (non-hydrogen) atoms. The van der Waals surface area contributed by atoms with Crippen molar-refractivity contribution in [3.05, 3.63) is 27.7 Å². The number of aliphatic carboxylic acids is 1. The summed E-state index contributed by atoms with van der Waals surface area (Å²) in [6.07, 6.45) is 7.31. The molecule has 0 saturated heterocycles. The van der Waals surface area contributed by atoms with Crippen LogP contribution in [0.15, 0.2) is 12.1 Å². The van der Waals surface area contributed by atoms with Gasteiger partial charge in [-0.15, -0.1) is 0 Å². The fraction of sp³-hybridized carbons (Fsp3) is 0.533. The standard InChI is InChI=1S/C15H18Cl2O3/c16-14-11(8-10-4-2-1-3-5-10)6-7-12(15(14)17)20-9-13(18)19/h6-7,10H,1-5,8-9H2,(H,18,19). The molecule has 5 heteroatoms. The molecule has 2 rings (SSSR count). The molecule has 1 N–H and O–H groups in total. The summed E-state index contributed by atoms with van der Waals surface area (Å²) in [4.78, 5) is 10.5. The third kappa shape index (κ3) is 4.03. The minimum atomic E-state index is -1.04. The van der Waals surface area contributed by atoms with Crippen molar-refractivity contribution in [2.24, 2.45) is 5.92 Å². The molecule has 110 valence electrons. The van der Waals surface area contributed by atoms with E-state index in [4.69, 9.17) is 33.0 Å². The van der Waals surface area contributed by atoms with E-state index in [2.05, 4.69) is 0 Å². The van der Waals surface area contributed by atoms with E-state index in [9.17, 15) is 4.79 Å². The number of rotatable bonds is 5. The van der Waals surface area contributed by atoms with Gasteiger partial charge in [0.25, 0.3) is 0 Å². The van der Waals surface area contributed by atoms with Gasteiger partial charge in [-0.05, 0) is 24.0 Å². The van der Waals surface area contributed by atoms with E-state index in [1.165, 1.54) is 32.1 Å². The molecule has 1 aromatic rings. The molecular formula is C15H18Cl2O3. The fourth-order valence-corrected chi connectivity index (χ4v) is 3.15. The van der Waals surface area contributed by atoms with Crippen LogP contribution in [0.25, 0.3) is 0 Å². The van der Waals surface area contributed by atoms with Crippen LogP contribution in [0.3, 0.4) is 0 Å². The maximum atomic E-state index is 10.5. The van der Waals surface area contributed by atoms with Crippen molar-refractivity contribution in [2.75, 3.05) is 6.61 Å². The highest BCUT2D eigenvalue weighted by atomic mass is 35.5. The highest BCUT2D eigenvalue weighted by molar-refractivity contribution is 6.43. The first-order chi connectivity index (χ1) is 9.58. The summed E-state index contributed by atoms with van der Waals surface area (Å²) < 4.78 is 5.11. The van der Waals surface area contributed by atoms with Gasteiger partial charge in [0.15, 0.2) is 6.61 Å². The second-order valence-electron chi connectivity index (χ2n) is 5.24. The van der Waals surface area contributed by atoms with Crippen molar-refractivity contribution in [2.45, 2.75) is 38.5 Å². The number of ether oxygens (including phenoxy) is 1. The maximum Gasteiger partial charge on any atom is 0.341 e. The molecule has 1 fully saturated rings. The summed E-state index contributed by atoms with van der Waals surface area (Å²) in [5.74, 6) is -0.0435. The maximum absolute atomic E-state index is 10.5. The van der Waals surface area contributed by atoms with E-state index in [1.54, 1.807) is 6.07 Å². The summed E-state index contributed by atoms with van der Waals surface area (Å²) in [6.45, 7) is -0.419. The van der Waals surface area contributed by atoms with Crippen LogP contribution in [0.5, 0.6) is 5.75 Å². The van der Waals surface area contributed by atoms with Crippen LogP contribution < -0.4 is 4.74 Å². The van der Waals surface area contributed by atoms with E-state index in [0.29, 0.717) is 21.7 Å². The number of benzene rings is 1. The van der Waals surface area contributed by atoms with Crippen LogP contribution in [0, 0.1) is 5.92 Å². The quantitative estimate of drug-likeness (QED) is 0.864. The Labute approximate surface area is 128 Å². The fourth-order valence-electron chi connectivity index (χ4n) is 2.68. The topological polar surface area (TPSA) is 46.5 Å². The lowest BCUT2D eigenvalue weighted by atomic mass is 9.85. The Balaban J connectivity index is 2.07. The molecule has 0 aromatic heterocycles. The van der Waals surface area contributed by atoms with E-state index < -0.39 is 12.6 Å². The van der Waals surface area contributed by atoms with Gasteiger partial charge in [-0.2, -0.15) is 0 Å². The number of halogens is 2. The summed E-state index contributed by atoms with van der Waals surface area (Å²) in [5, 5.41) is 9.40. The lowest BCUT2D eigenvalue weighted by Crippen LogP contribution is -2.11. The monoisotopic (exact) mass is 316 g/mol. The van der Waals surface area contributed by atoms with Crippen molar-refractivity contribution in [3.63, 3.8) is 0 Å². The lowest BCUT2D eigenvalue weighted by molar-refractivity contribution is -0.139. The first-order valence-electron chi connectivity index (χ1n) is 6.89. The largest absolute Gasteiger partial charge is 0.480 e. The van der Waals surface area contributed by atoms with Crippen LogP contribution in [0.4, 0.5) is 0 Å². The van der Waals surface area contributed by atoms with Crippen LogP contribution in [-0.4, -0.2) is 17.7 Å². The van der Waals surface area contributed by atoms with Crippen LogP contribution in [0.1, 0.15) is 37.7 Å². The van der Waals surface area contributed by atoms with Crippen molar-refractivity contribution >= 4 is 29.2 Å². The third-order valence-corrected chi connectivity index (χ3v) is 4.62. The van der Waals surface area contributed by atoms with Crippen LogP contribution in [0.2, 0.25) is 10.0 Å². The van der Waals surface area contributed by atoms with Gasteiger partial charge >= 0.3 is 5.97 Å². The van der Waals surface area contributed by atoms with Gasteiger partial charge < -0.3 is 9.84 Å². The first-order valence-corrected chi connectivity index (χ1v) is 7.65. The van der Waals surface area contributed by atoms with Crippen LogP contribution in [-0.2, 0) is 11.2 Å². The summed E-state index contributed by atoms with van der Waals surface area (Å²) >= 11 is 12.4. The number of carboxylic acid groups (broad SMARTS) is 1. The molecule has 0 radical (unpaired) electrons. The van der Waals surface area contributed by atoms with E-state index in [1.807, 2.05) is 6.07 Å². The van der Waals surface area contributed by atoms with Gasteiger partial charge in [0.1, 0.15) is 10.8 Å². The zero-order valence-corrected chi connectivity index (χ0v) is 12.7. The number of carboxylic acids is 1. The molecule has 1 saturated carbocycles. The molecule has 1 aliphatic carbocycles. The van der Waals surface area contributed by atoms with Crippen molar-refractivity contribution in [1.29, 1.82) is 0 Å². The molecular weight excluding hydrogens is 299 g/mol. The Bertz CT molecular complexity index is 482. The van der Waals surface area contributed by atoms with Gasteiger partial charge in [-0.25, -0.2) is 4.79 Å². The molecule has 0 unspecified atom stereocenters. The van der Waals surface area contributed by atoms with E-state index in [0.717, 1.165) is 12.0 Å². The van der Waals surface area contributed by atoms with E-state index >= 15 is 0 Å². The van der Waals surface area contributed by atoms with Gasteiger partial charge in [0.2, 0.25) is 0 Å². The van der Waals surface area contributed by atoms with Gasteiger partial charge in [-0.1, -0.05) is 61.4 Å². The minimum Gasteiger partial charge on any atom is -0.480 e. The Morgan fingerprint density at radius 1 is 1.20 bits per heavy atom. The second-order valence-corrected chi connectivity index (χ2v) is 6.00. The molecule has 0 aliphatic heterocycles. The molecule has 0 heterocycles. The molecule has 0 bridgehead atoms. The highest BCUT2D eigenvalue weighted by Crippen LogP contribution is 2.37. The predicted octanol–water partition coefficient (Wildman–Crippen LogP) is 4.58. The molecule has 0 spiro atoms. The highest BCUT2D eigenvalue weighted by Gasteiger charge is 2.18. The summed E-state index contributed by atoms with van der Waals surface area (Å²) in [6, 6.07) is 3.59. The van der Waals surface area contributed by atoms with Crippen molar-refractivity contribution < 1.29 is 14.6 Å². The Morgan fingerprint density at radius 3 is 2.55 bits per heavy atom. The van der Waals surface area contributed by atoms with Gasteiger partial charge in [0, 0.05) is 0 Å². The number of hydrogen-bond acceptors (Lipinski definition) is 2. The van der Waals surface area contributed by atoms with Gasteiger partial charge in [0.05, 0.1) is 5.02 Å². The van der Waals surface area contributed by atoms with Gasteiger partial charge in [-0.3, -0.25) is 0 Å². The Hall–Kier alpha value is -0.930. The van der Waals surface area contributed by atoms with Crippen LogP contribution >= 0.6 is 23.2 Å². The van der Waals surface area contributed by atoms with Crippen molar-refractivity contribution in [1.82, 2.24) is 0 Å². The molecule has 1 aromatic carbocycles. The zero-order chi connectivity index (χ0) is 14.5. The molecule has 3 nitrogen and oxygen atoms in total. The van der Waals surface area contributed by atoms with E-state index in [-0.39, 0.29) is 0 Å². The molecule has 0 amide bonds. The summed E-state index contributed by atoms with van der Waals surface area (Å²) in [7, 11) is 0. The normalized spacial score (nSPS) is 16.1. The number of hydrogen-bond donors (Lipinski definition) is 1. The molecule has 1 aliphatic rings. The summed E-state index contributed by atoms with van der Waals surface area (Å²) in [5.41, 5.74) is 1.02. The Kier molecular flexibility index (Phi) is 5.55. The Morgan fingerprint density at radius 2 is 1.90 bits per heavy atom. The first kappa shape index (κ1) is 15.5. The zero-order valence-electron chi connectivity index (χ0n) is 11.2. The van der Waals surface area contributed by atoms with Crippen molar-refractivity contribution in [3.8, 4) is 5.75 Å².